The summed E-state index contributed by atoms with van der Waals surface area (Å²) in [6, 6.07) is 19.3. The molecule has 0 bridgehead atoms. The molecule has 3 heterocycles. The molecular formula is C25H20N8O2S. The van der Waals surface area contributed by atoms with Gasteiger partial charge in [-0.2, -0.15) is 10.4 Å². The molecule has 0 spiro atoms. The van der Waals surface area contributed by atoms with Crippen molar-refractivity contribution in [2.24, 2.45) is 0 Å². The van der Waals surface area contributed by atoms with Gasteiger partial charge in [0.05, 0.1) is 11.7 Å². The summed E-state index contributed by atoms with van der Waals surface area (Å²) in [6.45, 7) is 1.82. The minimum atomic E-state index is -0.534. The van der Waals surface area contributed by atoms with Crippen LogP contribution in [-0.2, 0) is 0 Å². The zero-order valence-electron chi connectivity index (χ0n) is 19.0. The standard InChI is InChI=1S/C25H20N8O2S/c1-15(30-23-19(13-26)22(27)28-14-29-23)24-31-32-11-10-20(36-18-9-5-8-17(34)12-18)21(32)25(35)33(24)16-6-3-2-4-7-16/h2-12,14-15,34H,1H3,(H3,27,28,29,30)/t15-/m0/s1. The van der Waals surface area contributed by atoms with E-state index in [4.69, 9.17) is 10.8 Å². The van der Waals surface area contributed by atoms with Crippen LogP contribution in [-0.4, -0.2) is 29.3 Å². The topological polar surface area (TPSA) is 147 Å². The molecule has 0 radical (unpaired) electrons. The number of aromatic hydroxyl groups is 1. The summed E-state index contributed by atoms with van der Waals surface area (Å²) < 4.78 is 3.08. The van der Waals surface area contributed by atoms with E-state index in [0.29, 0.717) is 21.9 Å². The molecule has 0 unspecified atom stereocenters. The predicted molar refractivity (Wildman–Crippen MR) is 136 cm³/mol. The number of phenols is 1. The molecule has 0 amide bonds. The van der Waals surface area contributed by atoms with Crippen LogP contribution in [0.5, 0.6) is 5.75 Å². The zero-order valence-corrected chi connectivity index (χ0v) is 19.8. The number of phenolic OH excluding ortho intramolecular Hbond substituents is 1. The summed E-state index contributed by atoms with van der Waals surface area (Å²) in [4.78, 5) is 23.4. The van der Waals surface area contributed by atoms with Gasteiger partial charge in [0.1, 0.15) is 40.9 Å². The van der Waals surface area contributed by atoms with Crippen LogP contribution >= 0.6 is 11.8 Å². The first kappa shape index (κ1) is 22.9. The highest BCUT2D eigenvalue weighted by atomic mass is 32.2. The Morgan fingerprint density at radius 3 is 2.69 bits per heavy atom. The normalized spacial score (nSPS) is 11.8. The number of nitriles is 1. The van der Waals surface area contributed by atoms with Crippen LogP contribution in [0.3, 0.4) is 0 Å². The van der Waals surface area contributed by atoms with E-state index in [-0.39, 0.29) is 28.5 Å². The summed E-state index contributed by atoms with van der Waals surface area (Å²) in [5, 5.41) is 27.2. The lowest BCUT2D eigenvalue weighted by Crippen LogP contribution is -2.29. The van der Waals surface area contributed by atoms with Crippen molar-refractivity contribution in [1.82, 2.24) is 24.1 Å². The third-order valence-electron chi connectivity index (χ3n) is 5.46. The minimum Gasteiger partial charge on any atom is -0.508 e. The van der Waals surface area contributed by atoms with E-state index in [2.05, 4.69) is 15.3 Å². The van der Waals surface area contributed by atoms with Gasteiger partial charge in [-0.15, -0.1) is 0 Å². The minimum absolute atomic E-state index is 0.0603. The molecule has 0 aliphatic carbocycles. The van der Waals surface area contributed by atoms with Gasteiger partial charge in [0.2, 0.25) is 0 Å². The molecule has 0 saturated heterocycles. The third kappa shape index (κ3) is 4.21. The average molecular weight is 497 g/mol. The molecule has 0 saturated carbocycles. The predicted octanol–water partition coefficient (Wildman–Crippen LogP) is 3.76. The molecule has 1 atom stereocenters. The summed E-state index contributed by atoms with van der Waals surface area (Å²) in [7, 11) is 0. The molecule has 10 nitrogen and oxygen atoms in total. The van der Waals surface area contributed by atoms with Crippen molar-refractivity contribution in [1.29, 1.82) is 5.26 Å². The number of fused-ring (bicyclic) bond motifs is 1. The maximum atomic E-state index is 13.9. The molecule has 5 rings (SSSR count). The molecule has 0 aliphatic rings. The van der Waals surface area contributed by atoms with E-state index < -0.39 is 6.04 Å². The highest BCUT2D eigenvalue weighted by molar-refractivity contribution is 7.99. The second kappa shape index (κ2) is 9.44. The van der Waals surface area contributed by atoms with E-state index in [1.54, 1.807) is 28.9 Å². The van der Waals surface area contributed by atoms with Crippen molar-refractivity contribution in [3.8, 4) is 17.5 Å². The number of nitrogens with two attached hydrogens (primary N) is 1. The maximum Gasteiger partial charge on any atom is 0.283 e. The van der Waals surface area contributed by atoms with Crippen molar-refractivity contribution in [3.05, 3.63) is 94.9 Å². The van der Waals surface area contributed by atoms with Crippen LogP contribution in [0, 0.1) is 11.3 Å². The molecule has 0 aliphatic heterocycles. The lowest BCUT2D eigenvalue weighted by molar-refractivity contribution is 0.474. The van der Waals surface area contributed by atoms with Gasteiger partial charge in [-0.25, -0.2) is 14.5 Å². The number of rotatable bonds is 6. The van der Waals surface area contributed by atoms with Gasteiger partial charge in [-0.05, 0) is 43.3 Å². The fraction of sp³-hybridized carbons (Fsp3) is 0.0800. The van der Waals surface area contributed by atoms with E-state index in [9.17, 15) is 15.2 Å². The highest BCUT2D eigenvalue weighted by Gasteiger charge is 2.22. The Balaban J connectivity index is 1.65. The number of para-hydroxylation sites is 1. The monoisotopic (exact) mass is 496 g/mol. The van der Waals surface area contributed by atoms with Gasteiger partial charge in [-0.3, -0.25) is 9.36 Å². The molecule has 36 heavy (non-hydrogen) atoms. The Morgan fingerprint density at radius 2 is 1.94 bits per heavy atom. The van der Waals surface area contributed by atoms with E-state index in [0.717, 1.165) is 4.90 Å². The van der Waals surface area contributed by atoms with Crippen LogP contribution in [0.15, 0.2) is 87.8 Å². The summed E-state index contributed by atoms with van der Waals surface area (Å²) in [5.74, 6) is 0.862. The molecule has 5 aromatic rings. The van der Waals surface area contributed by atoms with Crippen LogP contribution in [0.25, 0.3) is 11.2 Å². The molecule has 11 heteroatoms. The number of hydrogen-bond donors (Lipinski definition) is 3. The Kier molecular flexibility index (Phi) is 6.02. The molecule has 2 aromatic carbocycles. The average Bonchev–Trinajstić information content (AvgIpc) is 3.27. The van der Waals surface area contributed by atoms with Gasteiger partial charge in [0.25, 0.3) is 5.56 Å². The molecule has 0 fully saturated rings. The third-order valence-corrected chi connectivity index (χ3v) is 6.50. The number of nitrogens with zero attached hydrogens (tertiary/aromatic N) is 6. The second-order valence-electron chi connectivity index (χ2n) is 7.87. The van der Waals surface area contributed by atoms with Gasteiger partial charge < -0.3 is 16.2 Å². The van der Waals surface area contributed by atoms with Crippen molar-refractivity contribution in [2.75, 3.05) is 11.1 Å². The van der Waals surface area contributed by atoms with E-state index >= 15 is 0 Å². The van der Waals surface area contributed by atoms with Gasteiger partial charge in [-0.1, -0.05) is 36.0 Å². The number of aromatic nitrogens is 5. The number of hydrogen-bond acceptors (Lipinski definition) is 9. The first-order valence-corrected chi connectivity index (χ1v) is 11.7. The fourth-order valence-corrected chi connectivity index (χ4v) is 4.79. The number of anilines is 2. The maximum absolute atomic E-state index is 13.9. The second-order valence-corrected chi connectivity index (χ2v) is 8.98. The quantitative estimate of drug-likeness (QED) is 0.320. The van der Waals surface area contributed by atoms with Crippen LogP contribution in [0.4, 0.5) is 11.6 Å². The van der Waals surface area contributed by atoms with Crippen molar-refractivity contribution in [3.63, 3.8) is 0 Å². The first-order chi connectivity index (χ1) is 17.5. The Labute approximate surface area is 209 Å². The largest absolute Gasteiger partial charge is 0.508 e. The van der Waals surface area contributed by atoms with E-state index in [1.165, 1.54) is 22.7 Å². The molecular weight excluding hydrogens is 476 g/mol. The zero-order chi connectivity index (χ0) is 25.2. The molecule has 4 N–H and O–H groups in total. The van der Waals surface area contributed by atoms with Crippen molar-refractivity contribution in [2.45, 2.75) is 22.8 Å². The molecule has 178 valence electrons. The van der Waals surface area contributed by atoms with Crippen LogP contribution in [0.1, 0.15) is 24.4 Å². The smallest absolute Gasteiger partial charge is 0.283 e. The first-order valence-electron chi connectivity index (χ1n) is 10.9. The number of nitrogen functional groups attached to an aromatic ring is 1. The van der Waals surface area contributed by atoms with Crippen molar-refractivity contribution >= 4 is 28.9 Å². The Hall–Kier alpha value is -4.82. The fourth-order valence-electron chi connectivity index (χ4n) is 3.81. The molecule has 3 aromatic heterocycles. The number of benzene rings is 2. The van der Waals surface area contributed by atoms with Crippen LogP contribution < -0.4 is 16.6 Å². The number of nitrogens with one attached hydrogen (secondary N) is 1. The SMILES string of the molecule is C[C@H](Nc1ncnc(N)c1C#N)c1nn2ccc(Sc3cccc(O)c3)c2c(=O)n1-c1ccccc1. The highest BCUT2D eigenvalue weighted by Crippen LogP contribution is 2.32. The van der Waals surface area contributed by atoms with Crippen molar-refractivity contribution < 1.29 is 5.11 Å². The summed E-state index contributed by atoms with van der Waals surface area (Å²) in [5.41, 5.74) is 6.71. The summed E-state index contributed by atoms with van der Waals surface area (Å²) >= 11 is 1.36. The lowest BCUT2D eigenvalue weighted by Gasteiger charge is -2.20. The summed E-state index contributed by atoms with van der Waals surface area (Å²) in [6.07, 6.45) is 2.99. The lowest BCUT2D eigenvalue weighted by atomic mass is 10.2. The van der Waals surface area contributed by atoms with Crippen LogP contribution in [0.2, 0.25) is 0 Å². The van der Waals surface area contributed by atoms with Gasteiger partial charge in [0, 0.05) is 16.0 Å². The Morgan fingerprint density at radius 1 is 1.14 bits per heavy atom. The Bertz CT molecular complexity index is 1670. The van der Waals surface area contributed by atoms with E-state index in [1.807, 2.05) is 55.5 Å². The van der Waals surface area contributed by atoms with Gasteiger partial charge >= 0.3 is 0 Å². The van der Waals surface area contributed by atoms with Gasteiger partial charge in [0.15, 0.2) is 5.82 Å².